The zero-order valence-electron chi connectivity index (χ0n) is 39.5. The van der Waals surface area contributed by atoms with Crippen LogP contribution in [-0.4, -0.2) is 37.9 Å². The first-order chi connectivity index (χ1) is 29.6. The van der Waals surface area contributed by atoms with E-state index in [1.54, 1.807) is 0 Å². The predicted molar refractivity (Wildman–Crippen MR) is 260 cm³/mol. The van der Waals surface area contributed by atoms with E-state index in [0.717, 1.165) is 96.3 Å². The third-order valence-electron chi connectivity index (χ3n) is 10.4. The molecule has 0 heterocycles. The lowest BCUT2D eigenvalue weighted by molar-refractivity contribution is -0.163. The minimum atomic E-state index is -0.551. The molecule has 0 radical (unpaired) electrons. The van der Waals surface area contributed by atoms with E-state index in [9.17, 15) is 9.59 Å². The lowest BCUT2D eigenvalue weighted by Crippen LogP contribution is -2.30. The molecule has 60 heavy (non-hydrogen) atoms. The van der Waals surface area contributed by atoms with Gasteiger partial charge < -0.3 is 14.2 Å². The molecule has 344 valence electrons. The van der Waals surface area contributed by atoms with Crippen LogP contribution in [0.15, 0.2) is 85.1 Å². The van der Waals surface area contributed by atoms with E-state index < -0.39 is 6.10 Å². The number of rotatable bonds is 45. The number of hydrogen-bond donors (Lipinski definition) is 0. The normalized spacial score (nSPS) is 12.9. The molecule has 0 aliphatic carbocycles. The minimum absolute atomic E-state index is 0.0634. The Morgan fingerprint density at radius 2 is 0.750 bits per heavy atom. The Labute approximate surface area is 371 Å². The Morgan fingerprint density at radius 3 is 1.25 bits per heavy atom. The monoisotopic (exact) mass is 835 g/mol. The summed E-state index contributed by atoms with van der Waals surface area (Å²) >= 11 is 0. The third kappa shape index (κ3) is 47.8. The van der Waals surface area contributed by atoms with E-state index in [2.05, 4.69) is 106 Å². The molecule has 0 aromatic carbocycles. The van der Waals surface area contributed by atoms with Crippen LogP contribution >= 0.6 is 0 Å². The van der Waals surface area contributed by atoms with Crippen molar-refractivity contribution in [2.24, 2.45) is 0 Å². The highest BCUT2D eigenvalue weighted by Crippen LogP contribution is 2.13. The Morgan fingerprint density at radius 1 is 0.383 bits per heavy atom. The predicted octanol–water partition coefficient (Wildman–Crippen LogP) is 16.9. The molecule has 0 aromatic heterocycles. The second-order valence-corrected chi connectivity index (χ2v) is 16.3. The van der Waals surface area contributed by atoms with Crippen molar-refractivity contribution in [3.05, 3.63) is 85.1 Å². The van der Waals surface area contributed by atoms with Gasteiger partial charge in [0.15, 0.2) is 6.10 Å². The van der Waals surface area contributed by atoms with Gasteiger partial charge in [0.05, 0.1) is 6.61 Å². The van der Waals surface area contributed by atoms with Gasteiger partial charge in [0, 0.05) is 19.4 Å². The van der Waals surface area contributed by atoms with Crippen molar-refractivity contribution >= 4 is 11.9 Å². The number of hydrogen-bond acceptors (Lipinski definition) is 5. The van der Waals surface area contributed by atoms with Gasteiger partial charge >= 0.3 is 11.9 Å². The first-order valence-corrected chi connectivity index (χ1v) is 25.1. The molecule has 5 heteroatoms. The number of carbonyl (C=O) groups is 2. The topological polar surface area (TPSA) is 61.8 Å². The molecule has 0 rings (SSSR count). The standard InChI is InChI=1S/C55H94O5/c1-4-7-10-13-16-18-20-22-24-26-28-30-32-34-36-38-40-42-45-48-54(56)59-52-53(51-58-50-47-44-15-12-9-6-3)60-55(57)49-46-43-41-39-37-35-33-31-29-27-25-23-21-19-17-14-11-8-5-2/h7,10,16-19,22-25,28,30,34,36,53H,4-6,8-9,11-15,20-21,26-27,29,31-33,35,37-52H2,1-3H3/b10-7-,18-16-,19-17-,24-22-,25-23-,30-28-,36-34-. The number of unbranched alkanes of at least 4 members (excludes halogenated alkanes) is 20. The third-order valence-corrected chi connectivity index (χ3v) is 10.4. The number of allylic oxidation sites excluding steroid dienone is 14. The van der Waals surface area contributed by atoms with Crippen molar-refractivity contribution in [1.82, 2.24) is 0 Å². The van der Waals surface area contributed by atoms with Crippen LogP contribution in [0.2, 0.25) is 0 Å². The molecule has 1 atom stereocenters. The van der Waals surface area contributed by atoms with Gasteiger partial charge in [-0.15, -0.1) is 0 Å². The zero-order chi connectivity index (χ0) is 43.5. The molecule has 0 aliphatic heterocycles. The van der Waals surface area contributed by atoms with Gasteiger partial charge in [-0.1, -0.05) is 202 Å². The van der Waals surface area contributed by atoms with Crippen molar-refractivity contribution in [3.63, 3.8) is 0 Å². The molecule has 0 saturated heterocycles. The van der Waals surface area contributed by atoms with Crippen LogP contribution in [0.1, 0.15) is 226 Å². The van der Waals surface area contributed by atoms with E-state index >= 15 is 0 Å². The summed E-state index contributed by atoms with van der Waals surface area (Å²) in [6.45, 7) is 7.61. The molecular formula is C55H94O5. The quantitative estimate of drug-likeness (QED) is 0.0347. The number of ether oxygens (including phenoxy) is 3. The summed E-state index contributed by atoms with van der Waals surface area (Å²) in [5.41, 5.74) is 0. The zero-order valence-corrected chi connectivity index (χ0v) is 39.5. The molecule has 0 N–H and O–H groups in total. The second-order valence-electron chi connectivity index (χ2n) is 16.3. The van der Waals surface area contributed by atoms with E-state index in [4.69, 9.17) is 14.2 Å². The molecule has 0 bridgehead atoms. The van der Waals surface area contributed by atoms with Gasteiger partial charge in [-0.05, 0) is 96.3 Å². The van der Waals surface area contributed by atoms with Crippen molar-refractivity contribution in [3.8, 4) is 0 Å². The van der Waals surface area contributed by atoms with Gasteiger partial charge in [0.2, 0.25) is 0 Å². The fourth-order valence-electron chi connectivity index (χ4n) is 6.68. The molecule has 0 amide bonds. The molecule has 0 aliphatic rings. The summed E-state index contributed by atoms with van der Waals surface area (Å²) in [5, 5.41) is 0. The molecule has 0 fully saturated rings. The minimum Gasteiger partial charge on any atom is -0.462 e. The molecule has 0 saturated carbocycles. The summed E-state index contributed by atoms with van der Waals surface area (Å²) in [5.74, 6) is -0.443. The summed E-state index contributed by atoms with van der Waals surface area (Å²) in [4.78, 5) is 25.3. The summed E-state index contributed by atoms with van der Waals surface area (Å²) < 4.78 is 17.2. The lowest BCUT2D eigenvalue weighted by atomic mass is 10.1. The van der Waals surface area contributed by atoms with Crippen LogP contribution in [0.25, 0.3) is 0 Å². The molecular weight excluding hydrogens is 741 g/mol. The molecule has 0 spiro atoms. The fourth-order valence-corrected chi connectivity index (χ4v) is 6.68. The van der Waals surface area contributed by atoms with Crippen LogP contribution < -0.4 is 0 Å². The van der Waals surface area contributed by atoms with Gasteiger partial charge in [0.25, 0.3) is 0 Å². The van der Waals surface area contributed by atoms with Crippen LogP contribution in [-0.2, 0) is 23.8 Å². The highest BCUT2D eigenvalue weighted by Gasteiger charge is 2.17. The summed E-state index contributed by atoms with van der Waals surface area (Å²) in [6.07, 6.45) is 66.0. The summed E-state index contributed by atoms with van der Waals surface area (Å²) in [7, 11) is 0. The number of carbonyl (C=O) groups excluding carboxylic acids is 2. The van der Waals surface area contributed by atoms with Crippen molar-refractivity contribution in [2.75, 3.05) is 19.8 Å². The maximum absolute atomic E-state index is 12.7. The van der Waals surface area contributed by atoms with Gasteiger partial charge in [0.1, 0.15) is 6.61 Å². The van der Waals surface area contributed by atoms with Gasteiger partial charge in [-0.2, -0.15) is 0 Å². The highest BCUT2D eigenvalue weighted by atomic mass is 16.6. The highest BCUT2D eigenvalue weighted by molar-refractivity contribution is 5.70. The van der Waals surface area contributed by atoms with E-state index in [0.29, 0.717) is 19.4 Å². The Hall–Kier alpha value is -2.92. The first kappa shape index (κ1) is 57.1. The van der Waals surface area contributed by atoms with Crippen LogP contribution in [0.4, 0.5) is 0 Å². The molecule has 1 unspecified atom stereocenters. The fraction of sp³-hybridized carbons (Fsp3) is 0.709. The van der Waals surface area contributed by atoms with Crippen molar-refractivity contribution in [1.29, 1.82) is 0 Å². The molecule has 0 aromatic rings. The van der Waals surface area contributed by atoms with E-state index in [-0.39, 0.29) is 25.2 Å². The average Bonchev–Trinajstić information content (AvgIpc) is 3.25. The Bertz CT molecular complexity index is 1130. The average molecular weight is 835 g/mol. The Balaban J connectivity index is 4.16. The second kappa shape index (κ2) is 50.4. The van der Waals surface area contributed by atoms with Crippen LogP contribution in [0.5, 0.6) is 0 Å². The maximum atomic E-state index is 12.7. The largest absolute Gasteiger partial charge is 0.462 e. The summed E-state index contributed by atoms with van der Waals surface area (Å²) in [6, 6.07) is 0. The smallest absolute Gasteiger partial charge is 0.306 e. The number of esters is 2. The van der Waals surface area contributed by atoms with Gasteiger partial charge in [-0.3, -0.25) is 9.59 Å². The van der Waals surface area contributed by atoms with Crippen LogP contribution in [0, 0.1) is 0 Å². The van der Waals surface area contributed by atoms with Crippen LogP contribution in [0.3, 0.4) is 0 Å². The first-order valence-electron chi connectivity index (χ1n) is 25.1. The Kier molecular flexibility index (Phi) is 48.0. The van der Waals surface area contributed by atoms with E-state index in [1.807, 2.05) is 0 Å². The molecule has 5 nitrogen and oxygen atoms in total. The van der Waals surface area contributed by atoms with Crippen molar-refractivity contribution < 1.29 is 23.8 Å². The lowest BCUT2D eigenvalue weighted by Gasteiger charge is -2.18. The van der Waals surface area contributed by atoms with Gasteiger partial charge in [-0.25, -0.2) is 0 Å². The SMILES string of the molecule is CC/C=C\C/C=C\C/C=C\C/C=C\C/C=C\CCCCCC(=O)OCC(COCCCCCCCC)OC(=O)CCCCCCCCCCC/C=C\C/C=C\CCCCC. The van der Waals surface area contributed by atoms with E-state index in [1.165, 1.54) is 96.3 Å². The maximum Gasteiger partial charge on any atom is 0.306 e. The van der Waals surface area contributed by atoms with Crippen molar-refractivity contribution in [2.45, 2.75) is 232 Å².